The quantitative estimate of drug-likeness (QED) is 0.926. The first-order valence-corrected chi connectivity index (χ1v) is 7.31. The van der Waals surface area contributed by atoms with Gasteiger partial charge in [0.15, 0.2) is 5.13 Å². The summed E-state index contributed by atoms with van der Waals surface area (Å²) in [5.74, 6) is 0. The lowest BCUT2D eigenvalue weighted by molar-refractivity contribution is 0.101. The number of benzene rings is 1. The molecule has 1 aliphatic rings. The molecule has 0 bridgehead atoms. The first-order valence-electron chi connectivity index (χ1n) is 6.11. The summed E-state index contributed by atoms with van der Waals surface area (Å²) in [7, 11) is 1.78. The lowest BCUT2D eigenvalue weighted by Gasteiger charge is -2.18. The van der Waals surface area contributed by atoms with Gasteiger partial charge in [-0.25, -0.2) is 4.98 Å². The van der Waals surface area contributed by atoms with Crippen LogP contribution in [0.25, 0.3) is 10.2 Å². The number of nitrogens with one attached hydrogen (secondary N) is 1. The van der Waals surface area contributed by atoms with Crippen LogP contribution >= 0.6 is 22.9 Å². The van der Waals surface area contributed by atoms with E-state index in [1.165, 1.54) is 6.42 Å². The summed E-state index contributed by atoms with van der Waals surface area (Å²) in [6, 6.07) is 6.18. The first-order chi connectivity index (χ1) is 8.76. The van der Waals surface area contributed by atoms with Gasteiger partial charge in [-0.05, 0) is 37.5 Å². The Morgan fingerprint density at radius 1 is 1.44 bits per heavy atom. The summed E-state index contributed by atoms with van der Waals surface area (Å²) in [5, 5.41) is 5.21. The molecular formula is C13H15ClN2OS. The number of anilines is 1. The molecule has 1 heterocycles. The smallest absolute Gasteiger partial charge is 0.184 e. The Hall–Kier alpha value is -0.840. The second-order valence-corrected chi connectivity index (χ2v) is 6.05. The molecule has 0 amide bonds. The van der Waals surface area contributed by atoms with Crippen molar-refractivity contribution in [3.8, 4) is 0 Å². The third kappa shape index (κ3) is 2.32. The van der Waals surface area contributed by atoms with E-state index in [1.807, 2.05) is 18.2 Å². The summed E-state index contributed by atoms with van der Waals surface area (Å²) in [4.78, 5) is 4.58. The second kappa shape index (κ2) is 5.03. The van der Waals surface area contributed by atoms with E-state index in [1.54, 1.807) is 18.4 Å². The molecule has 0 radical (unpaired) electrons. The number of rotatable bonds is 3. The number of fused-ring (bicyclic) bond motifs is 1. The third-order valence-corrected chi connectivity index (χ3v) is 4.60. The van der Waals surface area contributed by atoms with Crippen molar-refractivity contribution in [1.82, 2.24) is 4.98 Å². The van der Waals surface area contributed by atoms with Gasteiger partial charge < -0.3 is 10.1 Å². The molecule has 1 N–H and O–H groups in total. The molecule has 2 unspecified atom stereocenters. The van der Waals surface area contributed by atoms with Gasteiger partial charge in [0.1, 0.15) is 0 Å². The van der Waals surface area contributed by atoms with Crippen molar-refractivity contribution in [2.75, 3.05) is 12.4 Å². The maximum absolute atomic E-state index is 5.98. The minimum atomic E-state index is 0.306. The molecule has 1 fully saturated rings. The standard InChI is InChI=1S/C13H15ClN2OS/c1-17-11-4-2-3-9(11)15-13-16-10-6-5-8(14)7-12(10)18-13/h5-7,9,11H,2-4H2,1H3,(H,15,16). The van der Waals surface area contributed by atoms with Crippen LogP contribution in [0.1, 0.15) is 19.3 Å². The number of aromatic nitrogens is 1. The molecule has 96 valence electrons. The number of thiazole rings is 1. The van der Waals surface area contributed by atoms with E-state index < -0.39 is 0 Å². The van der Waals surface area contributed by atoms with Gasteiger partial charge >= 0.3 is 0 Å². The number of nitrogens with zero attached hydrogens (tertiary/aromatic N) is 1. The maximum Gasteiger partial charge on any atom is 0.184 e. The van der Waals surface area contributed by atoms with Gasteiger partial charge in [-0.1, -0.05) is 22.9 Å². The Labute approximate surface area is 115 Å². The van der Waals surface area contributed by atoms with Crippen LogP contribution in [-0.4, -0.2) is 24.2 Å². The fourth-order valence-corrected chi connectivity index (χ4v) is 3.70. The lowest BCUT2D eigenvalue weighted by atomic mass is 10.2. The highest BCUT2D eigenvalue weighted by Gasteiger charge is 2.27. The molecule has 1 saturated carbocycles. The predicted octanol–water partition coefficient (Wildman–Crippen LogP) is 3.93. The maximum atomic E-state index is 5.98. The zero-order valence-corrected chi connectivity index (χ0v) is 11.7. The summed E-state index contributed by atoms with van der Waals surface area (Å²) in [5.41, 5.74) is 0.999. The monoisotopic (exact) mass is 282 g/mol. The van der Waals surface area contributed by atoms with Crippen LogP contribution in [0.3, 0.4) is 0 Å². The Balaban J connectivity index is 1.82. The minimum absolute atomic E-state index is 0.306. The van der Waals surface area contributed by atoms with Gasteiger partial charge in [0.05, 0.1) is 22.4 Å². The topological polar surface area (TPSA) is 34.1 Å². The summed E-state index contributed by atoms with van der Waals surface area (Å²) in [6.45, 7) is 0. The average molecular weight is 283 g/mol. The molecule has 18 heavy (non-hydrogen) atoms. The number of ether oxygens (including phenoxy) is 1. The van der Waals surface area contributed by atoms with Crippen molar-refractivity contribution in [3.63, 3.8) is 0 Å². The van der Waals surface area contributed by atoms with Crippen molar-refractivity contribution >= 4 is 38.3 Å². The number of hydrogen-bond acceptors (Lipinski definition) is 4. The number of halogens is 1. The average Bonchev–Trinajstić information content (AvgIpc) is 2.94. The number of hydrogen-bond donors (Lipinski definition) is 1. The van der Waals surface area contributed by atoms with Crippen LogP contribution in [0.4, 0.5) is 5.13 Å². The van der Waals surface area contributed by atoms with Crippen LogP contribution in [0.15, 0.2) is 18.2 Å². The second-order valence-electron chi connectivity index (χ2n) is 4.59. The van der Waals surface area contributed by atoms with E-state index in [2.05, 4.69) is 10.3 Å². The van der Waals surface area contributed by atoms with Crippen molar-refractivity contribution in [1.29, 1.82) is 0 Å². The SMILES string of the molecule is COC1CCCC1Nc1nc2ccc(Cl)cc2s1. The van der Waals surface area contributed by atoms with Gasteiger partial charge in [-0.15, -0.1) is 0 Å². The molecule has 2 aromatic rings. The van der Waals surface area contributed by atoms with Crippen LogP contribution in [-0.2, 0) is 4.74 Å². The third-order valence-electron chi connectivity index (χ3n) is 3.41. The van der Waals surface area contributed by atoms with E-state index in [9.17, 15) is 0 Å². The van der Waals surface area contributed by atoms with Crippen LogP contribution in [0, 0.1) is 0 Å². The molecule has 0 spiro atoms. The molecule has 0 saturated heterocycles. The van der Waals surface area contributed by atoms with Crippen molar-refractivity contribution < 1.29 is 4.74 Å². The zero-order chi connectivity index (χ0) is 12.5. The molecule has 1 aromatic carbocycles. The molecule has 1 aliphatic carbocycles. The predicted molar refractivity (Wildman–Crippen MR) is 76.7 cm³/mol. The fourth-order valence-electron chi connectivity index (χ4n) is 2.49. The highest BCUT2D eigenvalue weighted by Crippen LogP contribution is 2.31. The van der Waals surface area contributed by atoms with Gasteiger partial charge in [0, 0.05) is 12.1 Å². The van der Waals surface area contributed by atoms with E-state index in [0.717, 1.165) is 33.2 Å². The zero-order valence-electron chi connectivity index (χ0n) is 10.1. The summed E-state index contributed by atoms with van der Waals surface area (Å²) < 4.78 is 6.60. The van der Waals surface area contributed by atoms with E-state index >= 15 is 0 Å². The molecule has 3 rings (SSSR count). The minimum Gasteiger partial charge on any atom is -0.379 e. The Bertz CT molecular complexity index is 557. The highest BCUT2D eigenvalue weighted by atomic mass is 35.5. The summed E-state index contributed by atoms with van der Waals surface area (Å²) >= 11 is 7.63. The van der Waals surface area contributed by atoms with Crippen molar-refractivity contribution in [3.05, 3.63) is 23.2 Å². The Kier molecular flexibility index (Phi) is 3.41. The van der Waals surface area contributed by atoms with Crippen LogP contribution in [0.5, 0.6) is 0 Å². The van der Waals surface area contributed by atoms with Crippen LogP contribution < -0.4 is 5.32 Å². The molecule has 0 aliphatic heterocycles. The summed E-state index contributed by atoms with van der Waals surface area (Å²) in [6.07, 6.45) is 3.80. The van der Waals surface area contributed by atoms with Crippen molar-refractivity contribution in [2.24, 2.45) is 0 Å². The lowest BCUT2D eigenvalue weighted by Crippen LogP contribution is -2.29. The van der Waals surface area contributed by atoms with Gasteiger partial charge in [-0.2, -0.15) is 0 Å². The van der Waals surface area contributed by atoms with Gasteiger partial charge in [0.25, 0.3) is 0 Å². The van der Waals surface area contributed by atoms with E-state index in [0.29, 0.717) is 12.1 Å². The molecular weight excluding hydrogens is 268 g/mol. The first kappa shape index (κ1) is 12.2. The van der Waals surface area contributed by atoms with Crippen molar-refractivity contribution in [2.45, 2.75) is 31.4 Å². The highest BCUT2D eigenvalue weighted by molar-refractivity contribution is 7.22. The normalized spacial score (nSPS) is 23.7. The molecule has 5 heteroatoms. The molecule has 3 nitrogen and oxygen atoms in total. The Morgan fingerprint density at radius 2 is 2.33 bits per heavy atom. The molecule has 1 aromatic heterocycles. The van der Waals surface area contributed by atoms with Gasteiger partial charge in [0.2, 0.25) is 0 Å². The molecule has 2 atom stereocenters. The largest absolute Gasteiger partial charge is 0.379 e. The Morgan fingerprint density at radius 3 is 3.17 bits per heavy atom. The fraction of sp³-hybridized carbons (Fsp3) is 0.462. The van der Waals surface area contributed by atoms with E-state index in [4.69, 9.17) is 16.3 Å². The van der Waals surface area contributed by atoms with Gasteiger partial charge in [-0.3, -0.25) is 0 Å². The number of methoxy groups -OCH3 is 1. The van der Waals surface area contributed by atoms with Crippen LogP contribution in [0.2, 0.25) is 5.02 Å². The van der Waals surface area contributed by atoms with E-state index in [-0.39, 0.29) is 0 Å².